The van der Waals surface area contributed by atoms with Crippen molar-refractivity contribution in [1.82, 2.24) is 9.38 Å². The minimum absolute atomic E-state index is 0.299. The molecule has 0 fully saturated rings. The van der Waals surface area contributed by atoms with Gasteiger partial charge in [0, 0.05) is 18.1 Å². The minimum Gasteiger partial charge on any atom is -0.437 e. The Morgan fingerprint density at radius 1 is 1.33 bits per heavy atom. The van der Waals surface area contributed by atoms with Gasteiger partial charge in [-0.05, 0) is 24.3 Å². The van der Waals surface area contributed by atoms with Crippen LogP contribution >= 0.6 is 11.3 Å². The zero-order valence-electron chi connectivity index (χ0n) is 9.34. The molecule has 0 aliphatic carbocycles. The molecule has 2 aromatic heterocycles. The number of hydrogen-bond donors (Lipinski definition) is 1. The first-order valence-corrected chi connectivity index (χ1v) is 6.24. The summed E-state index contributed by atoms with van der Waals surface area (Å²) in [7, 11) is 0. The van der Waals surface area contributed by atoms with E-state index < -0.39 is 0 Å². The highest BCUT2D eigenvalue weighted by Gasteiger charge is 2.13. The van der Waals surface area contributed by atoms with Crippen LogP contribution in [0.4, 0.5) is 4.39 Å². The Morgan fingerprint density at radius 3 is 2.83 bits per heavy atom. The van der Waals surface area contributed by atoms with Crippen LogP contribution in [0, 0.1) is 5.82 Å². The molecule has 2 heterocycles. The van der Waals surface area contributed by atoms with Gasteiger partial charge in [0.25, 0.3) is 0 Å². The Kier molecular flexibility index (Phi) is 2.73. The van der Waals surface area contributed by atoms with Crippen LogP contribution in [0.3, 0.4) is 0 Å². The van der Waals surface area contributed by atoms with Gasteiger partial charge in [-0.15, -0.1) is 11.3 Å². The Labute approximate surface area is 106 Å². The van der Waals surface area contributed by atoms with Crippen LogP contribution in [0.25, 0.3) is 4.96 Å². The number of halogens is 1. The number of hydrogen-bond acceptors (Lipinski definition) is 4. The van der Waals surface area contributed by atoms with Crippen LogP contribution in [0.5, 0.6) is 11.6 Å². The second-order valence-electron chi connectivity index (χ2n) is 3.68. The zero-order valence-corrected chi connectivity index (χ0v) is 10.2. The van der Waals surface area contributed by atoms with Gasteiger partial charge in [-0.25, -0.2) is 4.39 Å². The van der Waals surface area contributed by atoms with Crippen molar-refractivity contribution in [2.24, 2.45) is 5.73 Å². The number of fused-ring (bicyclic) bond motifs is 1. The zero-order chi connectivity index (χ0) is 12.5. The van der Waals surface area contributed by atoms with Crippen molar-refractivity contribution in [2.75, 3.05) is 0 Å². The Hall–Kier alpha value is -1.92. The van der Waals surface area contributed by atoms with Crippen molar-refractivity contribution >= 4 is 16.3 Å². The molecule has 0 atom stereocenters. The molecule has 92 valence electrons. The molecule has 0 bridgehead atoms. The third kappa shape index (κ3) is 1.85. The van der Waals surface area contributed by atoms with Crippen molar-refractivity contribution in [3.63, 3.8) is 0 Å². The van der Waals surface area contributed by atoms with Crippen LogP contribution in [0.1, 0.15) is 5.69 Å². The van der Waals surface area contributed by atoms with Gasteiger partial charge >= 0.3 is 0 Å². The normalized spacial score (nSPS) is 11.0. The summed E-state index contributed by atoms with van der Waals surface area (Å²) in [5, 5.41) is 1.93. The molecule has 0 aliphatic rings. The quantitative estimate of drug-likeness (QED) is 0.790. The second-order valence-corrected chi connectivity index (χ2v) is 4.55. The maximum absolute atomic E-state index is 12.8. The highest BCUT2D eigenvalue weighted by molar-refractivity contribution is 7.15. The number of thiazole rings is 1. The topological polar surface area (TPSA) is 52.5 Å². The third-order valence-electron chi connectivity index (χ3n) is 2.55. The average molecular weight is 263 g/mol. The van der Waals surface area contributed by atoms with E-state index in [-0.39, 0.29) is 5.82 Å². The van der Waals surface area contributed by atoms with Crippen molar-refractivity contribution in [3.8, 4) is 11.6 Å². The molecule has 0 amide bonds. The van der Waals surface area contributed by atoms with E-state index in [2.05, 4.69) is 4.98 Å². The summed E-state index contributed by atoms with van der Waals surface area (Å²) in [6.45, 7) is 0.328. The van der Waals surface area contributed by atoms with Crippen molar-refractivity contribution < 1.29 is 9.13 Å². The third-order valence-corrected chi connectivity index (χ3v) is 3.30. The Balaban J connectivity index is 1.98. The van der Waals surface area contributed by atoms with Crippen LogP contribution in [-0.2, 0) is 6.54 Å². The van der Waals surface area contributed by atoms with Gasteiger partial charge in [0.1, 0.15) is 17.3 Å². The number of ether oxygens (including phenoxy) is 1. The highest BCUT2D eigenvalue weighted by Crippen LogP contribution is 2.27. The lowest BCUT2D eigenvalue weighted by Crippen LogP contribution is -2.01. The maximum atomic E-state index is 12.8. The lowest BCUT2D eigenvalue weighted by molar-refractivity contribution is 0.458. The number of benzene rings is 1. The molecule has 2 N–H and O–H groups in total. The van der Waals surface area contributed by atoms with Gasteiger partial charge in [0.2, 0.25) is 5.88 Å². The Bertz CT molecular complexity index is 674. The van der Waals surface area contributed by atoms with Gasteiger partial charge < -0.3 is 10.5 Å². The van der Waals surface area contributed by atoms with E-state index >= 15 is 0 Å². The fourth-order valence-electron chi connectivity index (χ4n) is 1.69. The van der Waals surface area contributed by atoms with Gasteiger partial charge in [-0.1, -0.05) is 0 Å². The van der Waals surface area contributed by atoms with E-state index in [1.165, 1.54) is 23.5 Å². The van der Waals surface area contributed by atoms with Crippen molar-refractivity contribution in [2.45, 2.75) is 6.54 Å². The standard InChI is InChI=1S/C12H10FN3OS/c13-8-1-3-9(4-2-8)17-11-10(7-14)16-5-6-18-12(16)15-11/h1-6H,7,14H2. The number of nitrogens with zero attached hydrogens (tertiary/aromatic N) is 2. The lowest BCUT2D eigenvalue weighted by atomic mass is 10.3. The number of aromatic nitrogens is 2. The van der Waals surface area contributed by atoms with E-state index in [4.69, 9.17) is 10.5 Å². The smallest absolute Gasteiger partial charge is 0.243 e. The van der Waals surface area contributed by atoms with Gasteiger partial charge in [0.05, 0.1) is 0 Å². The molecule has 0 spiro atoms. The molecule has 3 aromatic rings. The summed E-state index contributed by atoms with van der Waals surface area (Å²) in [6.07, 6.45) is 1.90. The first-order valence-electron chi connectivity index (χ1n) is 5.36. The highest BCUT2D eigenvalue weighted by atomic mass is 32.1. The van der Waals surface area contributed by atoms with Crippen LogP contribution < -0.4 is 10.5 Å². The number of imidazole rings is 1. The SMILES string of the molecule is NCc1c(Oc2ccc(F)cc2)nc2sccn12. The van der Waals surface area contributed by atoms with Crippen molar-refractivity contribution in [1.29, 1.82) is 0 Å². The minimum atomic E-state index is -0.299. The maximum Gasteiger partial charge on any atom is 0.243 e. The van der Waals surface area contributed by atoms with Gasteiger partial charge in [-0.2, -0.15) is 4.98 Å². The van der Waals surface area contributed by atoms with Crippen molar-refractivity contribution in [3.05, 3.63) is 47.4 Å². The Morgan fingerprint density at radius 2 is 2.11 bits per heavy atom. The summed E-state index contributed by atoms with van der Waals surface area (Å²) >= 11 is 1.51. The molecule has 0 saturated heterocycles. The summed E-state index contributed by atoms with van der Waals surface area (Å²) in [5.74, 6) is 0.708. The van der Waals surface area contributed by atoms with E-state index in [1.807, 2.05) is 16.0 Å². The molecule has 0 radical (unpaired) electrons. The predicted octanol–water partition coefficient (Wildman–Crippen LogP) is 2.79. The summed E-state index contributed by atoms with van der Waals surface area (Å²) in [4.78, 5) is 5.17. The average Bonchev–Trinajstić information content (AvgIpc) is 2.92. The predicted molar refractivity (Wildman–Crippen MR) is 67.4 cm³/mol. The van der Waals surface area contributed by atoms with E-state index in [0.29, 0.717) is 18.2 Å². The fourth-order valence-corrected chi connectivity index (χ4v) is 2.42. The number of nitrogens with two attached hydrogens (primary N) is 1. The molecule has 0 unspecified atom stereocenters. The molecule has 0 aliphatic heterocycles. The number of rotatable bonds is 3. The molecule has 18 heavy (non-hydrogen) atoms. The monoisotopic (exact) mass is 263 g/mol. The molecule has 4 nitrogen and oxygen atoms in total. The van der Waals surface area contributed by atoms with Gasteiger partial charge in [-0.3, -0.25) is 4.40 Å². The molecule has 3 rings (SSSR count). The summed E-state index contributed by atoms with van der Waals surface area (Å²) in [5.41, 5.74) is 6.50. The van der Waals surface area contributed by atoms with Crippen LogP contribution in [0.15, 0.2) is 35.8 Å². The van der Waals surface area contributed by atoms with E-state index in [0.717, 1.165) is 10.7 Å². The first kappa shape index (κ1) is 11.2. The molecule has 1 aromatic carbocycles. The first-order chi connectivity index (χ1) is 8.78. The molecule has 0 saturated carbocycles. The lowest BCUT2D eigenvalue weighted by Gasteiger charge is -2.04. The molecule has 6 heteroatoms. The largest absolute Gasteiger partial charge is 0.437 e. The van der Waals surface area contributed by atoms with Crippen LogP contribution in [0.2, 0.25) is 0 Å². The molecular weight excluding hydrogens is 253 g/mol. The summed E-state index contributed by atoms with van der Waals surface area (Å²) < 4.78 is 20.3. The second kappa shape index (κ2) is 4.40. The van der Waals surface area contributed by atoms with E-state index in [1.54, 1.807) is 12.1 Å². The van der Waals surface area contributed by atoms with Crippen LogP contribution in [-0.4, -0.2) is 9.38 Å². The molecular formula is C12H10FN3OS. The summed E-state index contributed by atoms with van der Waals surface area (Å²) in [6, 6.07) is 5.80. The fraction of sp³-hybridized carbons (Fsp3) is 0.0833. The van der Waals surface area contributed by atoms with Gasteiger partial charge in [0.15, 0.2) is 4.96 Å². The van der Waals surface area contributed by atoms with E-state index in [9.17, 15) is 4.39 Å².